The minimum Gasteiger partial charge on any atom is -0.481 e. The SMILES string of the molecule is N#CCN1C(=O)COc2cc(F)c(-n3c(=O)cc(C(F)(F)F)[nH]c3=O)cc21. The van der Waals surface area contributed by atoms with E-state index < -0.39 is 53.7 Å². The van der Waals surface area contributed by atoms with E-state index in [-0.39, 0.29) is 22.1 Å². The van der Waals surface area contributed by atoms with Crippen LogP contribution in [0.15, 0.2) is 27.8 Å². The number of nitriles is 1. The van der Waals surface area contributed by atoms with E-state index >= 15 is 0 Å². The molecule has 1 N–H and O–H groups in total. The Labute approximate surface area is 146 Å². The van der Waals surface area contributed by atoms with Crippen molar-refractivity contribution in [2.24, 2.45) is 0 Å². The van der Waals surface area contributed by atoms with Gasteiger partial charge in [0.15, 0.2) is 12.4 Å². The fraction of sp³-hybridized carbons (Fsp3) is 0.200. The average molecular weight is 384 g/mol. The van der Waals surface area contributed by atoms with Gasteiger partial charge in [0.1, 0.15) is 18.0 Å². The first-order chi connectivity index (χ1) is 12.6. The summed E-state index contributed by atoms with van der Waals surface area (Å²) in [4.78, 5) is 38.2. The molecule has 0 atom stereocenters. The maximum atomic E-state index is 14.4. The normalized spacial score (nSPS) is 13.7. The minimum atomic E-state index is -4.98. The van der Waals surface area contributed by atoms with Crippen LogP contribution in [0.2, 0.25) is 0 Å². The second-order valence-corrected chi connectivity index (χ2v) is 5.36. The van der Waals surface area contributed by atoms with Gasteiger partial charge in [-0.3, -0.25) is 14.5 Å². The van der Waals surface area contributed by atoms with Crippen LogP contribution in [0.3, 0.4) is 0 Å². The number of carbonyl (C=O) groups excluding carboxylic acids is 1. The van der Waals surface area contributed by atoms with Crippen molar-refractivity contribution >= 4 is 11.6 Å². The van der Waals surface area contributed by atoms with Gasteiger partial charge in [0.2, 0.25) is 0 Å². The molecule has 8 nitrogen and oxygen atoms in total. The quantitative estimate of drug-likeness (QED) is 0.612. The molecule has 0 spiro atoms. The molecule has 0 saturated carbocycles. The molecule has 0 bridgehead atoms. The summed E-state index contributed by atoms with van der Waals surface area (Å²) in [6.07, 6.45) is -4.98. The van der Waals surface area contributed by atoms with Gasteiger partial charge in [-0.15, -0.1) is 0 Å². The van der Waals surface area contributed by atoms with Crippen LogP contribution in [0.1, 0.15) is 5.69 Å². The number of ether oxygens (including phenoxy) is 1. The van der Waals surface area contributed by atoms with E-state index in [2.05, 4.69) is 0 Å². The van der Waals surface area contributed by atoms with Crippen molar-refractivity contribution in [2.45, 2.75) is 6.18 Å². The van der Waals surface area contributed by atoms with Gasteiger partial charge in [-0.25, -0.2) is 13.8 Å². The molecule has 140 valence electrons. The fourth-order valence-corrected chi connectivity index (χ4v) is 2.50. The van der Waals surface area contributed by atoms with Gasteiger partial charge < -0.3 is 9.72 Å². The molecule has 0 saturated heterocycles. The van der Waals surface area contributed by atoms with Crippen LogP contribution in [0.5, 0.6) is 5.75 Å². The van der Waals surface area contributed by atoms with Crippen molar-refractivity contribution in [3.63, 3.8) is 0 Å². The van der Waals surface area contributed by atoms with Gasteiger partial charge in [0.25, 0.3) is 11.5 Å². The molecule has 0 fully saturated rings. The lowest BCUT2D eigenvalue weighted by molar-refractivity contribution is -0.141. The number of halogens is 4. The van der Waals surface area contributed by atoms with Crippen LogP contribution in [-0.2, 0) is 11.0 Å². The molecule has 1 aliphatic heterocycles. The summed E-state index contributed by atoms with van der Waals surface area (Å²) in [5.41, 5.74) is -5.34. The highest BCUT2D eigenvalue weighted by molar-refractivity contribution is 5.98. The molecule has 1 amide bonds. The van der Waals surface area contributed by atoms with Gasteiger partial charge in [0, 0.05) is 12.1 Å². The molecule has 1 aromatic heterocycles. The zero-order valence-corrected chi connectivity index (χ0v) is 13.1. The number of anilines is 1. The summed E-state index contributed by atoms with van der Waals surface area (Å²) in [7, 11) is 0. The second kappa shape index (κ2) is 6.27. The number of rotatable bonds is 2. The molecule has 3 rings (SSSR count). The van der Waals surface area contributed by atoms with Crippen molar-refractivity contribution in [3.8, 4) is 17.5 Å². The topological polar surface area (TPSA) is 108 Å². The van der Waals surface area contributed by atoms with Gasteiger partial charge >= 0.3 is 11.9 Å². The number of alkyl halides is 3. The van der Waals surface area contributed by atoms with E-state index in [4.69, 9.17) is 10.00 Å². The van der Waals surface area contributed by atoms with Gasteiger partial charge in [-0.05, 0) is 6.07 Å². The predicted octanol–water partition coefficient (Wildman–Crippen LogP) is 0.933. The Bertz CT molecular complexity index is 1070. The highest BCUT2D eigenvalue weighted by Crippen LogP contribution is 2.35. The van der Waals surface area contributed by atoms with E-state index in [0.29, 0.717) is 0 Å². The minimum absolute atomic E-state index is 0.101. The first-order valence-corrected chi connectivity index (χ1v) is 7.21. The van der Waals surface area contributed by atoms with Crippen LogP contribution in [0.4, 0.5) is 23.2 Å². The zero-order valence-electron chi connectivity index (χ0n) is 13.1. The number of H-pyrrole nitrogens is 1. The number of benzene rings is 1. The van der Waals surface area contributed by atoms with Gasteiger partial charge in [-0.2, -0.15) is 18.4 Å². The highest BCUT2D eigenvalue weighted by atomic mass is 19.4. The lowest BCUT2D eigenvalue weighted by Crippen LogP contribution is -2.40. The average Bonchev–Trinajstić information content (AvgIpc) is 2.57. The molecule has 0 unspecified atom stereocenters. The first-order valence-electron chi connectivity index (χ1n) is 7.21. The van der Waals surface area contributed by atoms with Crippen LogP contribution in [-0.4, -0.2) is 28.6 Å². The molecular weight excluding hydrogens is 376 g/mol. The number of carbonyl (C=O) groups is 1. The van der Waals surface area contributed by atoms with Crippen LogP contribution >= 0.6 is 0 Å². The Hall–Kier alpha value is -3.62. The third kappa shape index (κ3) is 3.14. The molecule has 27 heavy (non-hydrogen) atoms. The maximum Gasteiger partial charge on any atom is 0.431 e. The molecule has 0 aliphatic carbocycles. The summed E-state index contributed by atoms with van der Waals surface area (Å²) < 4.78 is 57.6. The number of amides is 1. The van der Waals surface area contributed by atoms with Crippen LogP contribution in [0, 0.1) is 17.1 Å². The number of hydrogen-bond donors (Lipinski definition) is 1. The summed E-state index contributed by atoms with van der Waals surface area (Å²) in [5, 5.41) is 8.82. The summed E-state index contributed by atoms with van der Waals surface area (Å²) >= 11 is 0. The van der Waals surface area contributed by atoms with E-state index in [9.17, 15) is 31.9 Å². The Morgan fingerprint density at radius 1 is 1.19 bits per heavy atom. The molecule has 2 heterocycles. The number of aromatic nitrogens is 2. The zero-order chi connectivity index (χ0) is 19.9. The lowest BCUT2D eigenvalue weighted by atomic mass is 10.2. The number of hydrogen-bond acceptors (Lipinski definition) is 5. The molecular formula is C15H8F4N4O4. The third-order valence-electron chi connectivity index (χ3n) is 3.68. The van der Waals surface area contributed by atoms with Crippen molar-refractivity contribution in [3.05, 3.63) is 50.5 Å². The maximum absolute atomic E-state index is 14.4. The first kappa shape index (κ1) is 18.2. The van der Waals surface area contributed by atoms with E-state index in [0.717, 1.165) is 17.0 Å². The standard InChI is InChI=1S/C15H8F4N4O4/c16-7-3-10-9(22(2-1-20)13(25)6-27-10)4-8(7)23-12(24)5-11(15(17,18)19)21-14(23)26/h3-5H,2,6H2,(H,21,26). The largest absolute Gasteiger partial charge is 0.481 e. The van der Waals surface area contributed by atoms with E-state index in [1.54, 1.807) is 6.07 Å². The van der Waals surface area contributed by atoms with Crippen molar-refractivity contribution in [1.29, 1.82) is 5.26 Å². The molecule has 2 aromatic rings. The summed E-state index contributed by atoms with van der Waals surface area (Å²) in [5.74, 6) is -1.90. The van der Waals surface area contributed by atoms with Crippen LogP contribution < -0.4 is 20.9 Å². The second-order valence-electron chi connectivity index (χ2n) is 5.36. The molecule has 0 radical (unpaired) electrons. The molecule has 1 aliphatic rings. The Morgan fingerprint density at radius 3 is 2.48 bits per heavy atom. The lowest BCUT2D eigenvalue weighted by Gasteiger charge is -2.28. The third-order valence-corrected chi connectivity index (χ3v) is 3.68. The van der Waals surface area contributed by atoms with Crippen molar-refractivity contribution in [1.82, 2.24) is 9.55 Å². The monoisotopic (exact) mass is 384 g/mol. The number of aromatic amines is 1. The Kier molecular flexibility index (Phi) is 4.22. The number of fused-ring (bicyclic) bond motifs is 1. The smallest absolute Gasteiger partial charge is 0.431 e. The Balaban J connectivity index is 2.23. The van der Waals surface area contributed by atoms with E-state index in [1.165, 1.54) is 4.98 Å². The van der Waals surface area contributed by atoms with E-state index in [1.807, 2.05) is 0 Å². The van der Waals surface area contributed by atoms with Crippen molar-refractivity contribution < 1.29 is 27.1 Å². The fourth-order valence-electron chi connectivity index (χ4n) is 2.50. The Morgan fingerprint density at radius 2 is 1.89 bits per heavy atom. The highest BCUT2D eigenvalue weighted by Gasteiger charge is 2.33. The van der Waals surface area contributed by atoms with Gasteiger partial charge in [0.05, 0.1) is 17.4 Å². The molecule has 12 heteroatoms. The summed E-state index contributed by atoms with van der Waals surface area (Å²) in [6, 6.07) is 3.48. The van der Waals surface area contributed by atoms with Crippen LogP contribution in [0.25, 0.3) is 5.69 Å². The number of nitrogens with zero attached hydrogens (tertiary/aromatic N) is 3. The van der Waals surface area contributed by atoms with Crippen molar-refractivity contribution in [2.75, 3.05) is 18.1 Å². The summed E-state index contributed by atoms with van der Waals surface area (Å²) in [6.45, 7) is -0.868. The molecule has 1 aromatic carbocycles. The van der Waals surface area contributed by atoms with Gasteiger partial charge in [-0.1, -0.05) is 0 Å². The number of nitrogens with one attached hydrogen (secondary N) is 1. The predicted molar refractivity (Wildman–Crippen MR) is 81.1 cm³/mol.